The topological polar surface area (TPSA) is 121 Å². The molecule has 6 nitrogen and oxygen atoms in total. The lowest BCUT2D eigenvalue weighted by Gasteiger charge is -2.32. The van der Waals surface area contributed by atoms with Crippen LogP contribution in [0.25, 0.3) is 0 Å². The Balaban J connectivity index is 2.51. The predicted octanol–water partition coefficient (Wildman–Crippen LogP) is 1.16. The highest BCUT2D eigenvalue weighted by molar-refractivity contribution is 7.51. The van der Waals surface area contributed by atoms with Crippen molar-refractivity contribution in [1.29, 1.82) is 0 Å². The molecule has 0 aliphatic heterocycles. The van der Waals surface area contributed by atoms with Gasteiger partial charge in [-0.05, 0) is 24.7 Å². The Morgan fingerprint density at radius 3 is 2.33 bits per heavy atom. The molecule has 1 aliphatic rings. The quantitative estimate of drug-likeness (QED) is 0.541. The Kier molecular flexibility index (Phi) is 5.79. The van der Waals surface area contributed by atoms with Crippen LogP contribution in [0.5, 0.6) is 0 Å². The molecule has 0 radical (unpaired) electrons. The van der Waals surface area contributed by atoms with Crippen molar-refractivity contribution in [3.8, 4) is 0 Å². The molecule has 0 spiro atoms. The van der Waals surface area contributed by atoms with Crippen LogP contribution in [0.3, 0.4) is 0 Å². The molecule has 0 saturated heterocycles. The first-order valence-corrected chi connectivity index (χ1v) is 8.12. The van der Waals surface area contributed by atoms with E-state index in [0.717, 1.165) is 25.7 Å². The third-order valence-electron chi connectivity index (χ3n) is 3.73. The van der Waals surface area contributed by atoms with E-state index in [1.54, 1.807) is 0 Å². The average molecular weight is 279 g/mol. The number of nitrogens with two attached hydrogens (primary N) is 1. The zero-order chi connectivity index (χ0) is 13.8. The van der Waals surface area contributed by atoms with Crippen LogP contribution in [0.1, 0.15) is 38.5 Å². The molecule has 1 fully saturated rings. The molecule has 18 heavy (non-hydrogen) atoms. The zero-order valence-electron chi connectivity index (χ0n) is 10.4. The maximum atomic E-state index is 10.9. The minimum absolute atomic E-state index is 0.115. The largest absolute Gasteiger partial charge is 0.480 e. The van der Waals surface area contributed by atoms with Crippen molar-refractivity contribution in [2.45, 2.75) is 44.6 Å². The van der Waals surface area contributed by atoms with Gasteiger partial charge in [0.25, 0.3) is 0 Å². The van der Waals surface area contributed by atoms with Gasteiger partial charge in [0.2, 0.25) is 0 Å². The number of hydrogen-bond acceptors (Lipinski definition) is 3. The summed E-state index contributed by atoms with van der Waals surface area (Å²) in [6, 6.07) is -0.870. The lowest BCUT2D eigenvalue weighted by molar-refractivity contribution is -0.139. The molecule has 0 aromatic carbocycles. The van der Waals surface area contributed by atoms with Crippen molar-refractivity contribution < 1.29 is 24.3 Å². The highest BCUT2D eigenvalue weighted by Crippen LogP contribution is 2.41. The summed E-state index contributed by atoms with van der Waals surface area (Å²) >= 11 is 0. The van der Waals surface area contributed by atoms with E-state index >= 15 is 0 Å². The van der Waals surface area contributed by atoms with Crippen molar-refractivity contribution >= 4 is 13.6 Å². The van der Waals surface area contributed by atoms with E-state index in [0.29, 0.717) is 12.8 Å². The summed E-state index contributed by atoms with van der Waals surface area (Å²) < 4.78 is 10.9. The molecular formula is C11H22NO5P. The average Bonchev–Trinajstić information content (AvgIpc) is 2.26. The van der Waals surface area contributed by atoms with E-state index in [1.807, 2.05) is 0 Å². The molecule has 5 N–H and O–H groups in total. The van der Waals surface area contributed by atoms with Gasteiger partial charge in [0.15, 0.2) is 0 Å². The van der Waals surface area contributed by atoms with Gasteiger partial charge in [0.05, 0.1) is 6.16 Å². The van der Waals surface area contributed by atoms with Crippen LogP contribution >= 0.6 is 7.60 Å². The molecule has 7 heteroatoms. The zero-order valence-corrected chi connectivity index (χ0v) is 11.3. The Morgan fingerprint density at radius 1 is 1.28 bits per heavy atom. The highest BCUT2D eigenvalue weighted by atomic mass is 31.2. The molecule has 106 valence electrons. The van der Waals surface area contributed by atoms with Crippen LogP contribution in [0.15, 0.2) is 0 Å². The number of carboxylic acids is 1. The number of carboxylic acid groups (broad SMARTS) is 1. The van der Waals surface area contributed by atoms with Crippen LogP contribution in [0, 0.1) is 11.8 Å². The number of carbonyl (C=O) groups is 1. The molecule has 0 aromatic heterocycles. The summed E-state index contributed by atoms with van der Waals surface area (Å²) in [5, 5.41) is 8.81. The first-order valence-electron chi connectivity index (χ1n) is 6.32. The van der Waals surface area contributed by atoms with Crippen molar-refractivity contribution in [2.75, 3.05) is 6.16 Å². The monoisotopic (exact) mass is 279 g/mol. The Morgan fingerprint density at radius 2 is 1.83 bits per heavy atom. The van der Waals surface area contributed by atoms with Gasteiger partial charge in [-0.15, -0.1) is 0 Å². The SMILES string of the molecule is N[C@@H](C[C@@H]1CCCC[C@@H]1CCP(=O)(O)O)C(=O)O. The number of aliphatic carboxylic acids is 1. The van der Waals surface area contributed by atoms with Crippen molar-refractivity contribution in [3.05, 3.63) is 0 Å². The molecule has 0 bridgehead atoms. The van der Waals surface area contributed by atoms with E-state index < -0.39 is 19.6 Å². The second-order valence-electron chi connectivity index (χ2n) is 5.16. The Hall–Kier alpha value is -0.420. The van der Waals surface area contributed by atoms with Crippen LogP contribution in [0.4, 0.5) is 0 Å². The van der Waals surface area contributed by atoms with Crippen LogP contribution in [-0.4, -0.2) is 33.1 Å². The van der Waals surface area contributed by atoms with Gasteiger partial charge < -0.3 is 20.6 Å². The molecule has 0 aromatic rings. The van der Waals surface area contributed by atoms with Gasteiger partial charge in [-0.1, -0.05) is 25.7 Å². The van der Waals surface area contributed by atoms with E-state index in [-0.39, 0.29) is 18.0 Å². The van der Waals surface area contributed by atoms with E-state index in [2.05, 4.69) is 0 Å². The number of rotatable bonds is 6. The summed E-state index contributed by atoms with van der Waals surface area (Å²) in [5.74, 6) is -0.637. The first-order chi connectivity index (χ1) is 8.29. The molecule has 1 saturated carbocycles. The van der Waals surface area contributed by atoms with Gasteiger partial charge in [0.1, 0.15) is 6.04 Å². The molecule has 0 heterocycles. The highest BCUT2D eigenvalue weighted by Gasteiger charge is 2.30. The molecular weight excluding hydrogens is 257 g/mol. The molecule has 1 aliphatic carbocycles. The van der Waals surface area contributed by atoms with Crippen LogP contribution in [0.2, 0.25) is 0 Å². The maximum absolute atomic E-state index is 10.9. The fourth-order valence-corrected chi connectivity index (χ4v) is 3.40. The second-order valence-corrected chi connectivity index (χ2v) is 6.94. The maximum Gasteiger partial charge on any atom is 0.325 e. The minimum Gasteiger partial charge on any atom is -0.480 e. The summed E-state index contributed by atoms with van der Waals surface area (Å²) in [7, 11) is -3.96. The summed E-state index contributed by atoms with van der Waals surface area (Å²) in [4.78, 5) is 28.5. The van der Waals surface area contributed by atoms with E-state index in [9.17, 15) is 9.36 Å². The summed E-state index contributed by atoms with van der Waals surface area (Å²) in [5.41, 5.74) is 5.54. The third kappa shape index (κ3) is 5.48. The van der Waals surface area contributed by atoms with Crippen molar-refractivity contribution in [2.24, 2.45) is 17.6 Å². The standard InChI is InChI=1S/C11H22NO5P/c12-10(11(13)14)7-9-4-2-1-3-8(9)5-6-18(15,16)17/h8-10H,1-7,12H2,(H,13,14)(H2,15,16,17)/t8-,9+,10+/m1/s1. The molecule has 1 rings (SSSR count). The number of hydrogen-bond donors (Lipinski definition) is 4. The smallest absolute Gasteiger partial charge is 0.325 e. The first kappa shape index (κ1) is 15.6. The fourth-order valence-electron chi connectivity index (χ4n) is 2.74. The van der Waals surface area contributed by atoms with Crippen molar-refractivity contribution in [1.82, 2.24) is 0 Å². The van der Waals surface area contributed by atoms with E-state index in [4.69, 9.17) is 20.6 Å². The lowest BCUT2D eigenvalue weighted by atomic mass is 9.75. The fraction of sp³-hybridized carbons (Fsp3) is 0.909. The Bertz CT molecular complexity index is 329. The van der Waals surface area contributed by atoms with E-state index in [1.165, 1.54) is 0 Å². The Labute approximate surface area is 107 Å². The van der Waals surface area contributed by atoms with Gasteiger partial charge in [-0.3, -0.25) is 9.36 Å². The van der Waals surface area contributed by atoms with Gasteiger partial charge in [-0.2, -0.15) is 0 Å². The van der Waals surface area contributed by atoms with Gasteiger partial charge in [0, 0.05) is 0 Å². The second kappa shape index (κ2) is 6.66. The summed E-state index contributed by atoms with van der Waals surface area (Å²) in [6.45, 7) is 0. The molecule has 0 unspecified atom stereocenters. The molecule has 3 atom stereocenters. The normalized spacial score (nSPS) is 26.8. The van der Waals surface area contributed by atoms with Gasteiger partial charge in [-0.25, -0.2) is 0 Å². The summed E-state index contributed by atoms with van der Waals surface area (Å²) in [6.07, 6.45) is 4.66. The van der Waals surface area contributed by atoms with Gasteiger partial charge >= 0.3 is 13.6 Å². The van der Waals surface area contributed by atoms with Crippen molar-refractivity contribution in [3.63, 3.8) is 0 Å². The minimum atomic E-state index is -3.96. The molecule has 0 amide bonds. The van der Waals surface area contributed by atoms with Crippen LogP contribution in [-0.2, 0) is 9.36 Å². The predicted molar refractivity (Wildman–Crippen MR) is 67.2 cm³/mol. The van der Waals surface area contributed by atoms with Crippen LogP contribution < -0.4 is 5.73 Å². The lowest BCUT2D eigenvalue weighted by Crippen LogP contribution is -2.35. The third-order valence-corrected chi connectivity index (χ3v) is 4.57.